The van der Waals surface area contributed by atoms with Gasteiger partial charge in [0, 0.05) is 0 Å². The van der Waals surface area contributed by atoms with Crippen molar-refractivity contribution in [1.29, 1.82) is 0 Å². The van der Waals surface area contributed by atoms with E-state index in [1.54, 1.807) is 13.8 Å². The van der Waals surface area contributed by atoms with Gasteiger partial charge in [0.05, 0.1) is 17.9 Å². The lowest BCUT2D eigenvalue weighted by molar-refractivity contribution is 0.0844. The topological polar surface area (TPSA) is 46.6 Å². The van der Waals surface area contributed by atoms with Crippen LogP contribution < -0.4 is 0 Å². The Labute approximate surface area is 79.9 Å². The van der Waals surface area contributed by atoms with Gasteiger partial charge in [-0.3, -0.25) is 0 Å². The summed E-state index contributed by atoms with van der Waals surface area (Å²) in [6, 6.07) is 0. The third kappa shape index (κ3) is 1.87. The van der Waals surface area contributed by atoms with Crippen molar-refractivity contribution in [2.75, 3.05) is 12.4 Å². The van der Waals surface area contributed by atoms with Crippen molar-refractivity contribution >= 4 is 10.0 Å². The second-order valence-corrected chi connectivity index (χ2v) is 6.05. The Morgan fingerprint density at radius 1 is 1.54 bits per heavy atom. The van der Waals surface area contributed by atoms with Crippen LogP contribution in [0.4, 0.5) is 0 Å². The summed E-state index contributed by atoms with van der Waals surface area (Å²) in [6.45, 7) is 7.64. The molecule has 1 aliphatic rings. The highest BCUT2D eigenvalue weighted by molar-refractivity contribution is 7.89. The first-order chi connectivity index (χ1) is 5.81. The van der Waals surface area contributed by atoms with Crippen molar-refractivity contribution in [1.82, 2.24) is 4.31 Å². The minimum absolute atomic E-state index is 0.129. The zero-order valence-corrected chi connectivity index (χ0v) is 9.39. The minimum atomic E-state index is -3.15. The van der Waals surface area contributed by atoms with E-state index < -0.39 is 15.6 Å². The summed E-state index contributed by atoms with van der Waals surface area (Å²) in [4.78, 5) is 0. The van der Waals surface area contributed by atoms with E-state index in [1.807, 2.05) is 13.8 Å². The average molecular weight is 207 g/mol. The molecule has 1 heterocycles. The zero-order valence-electron chi connectivity index (χ0n) is 8.57. The highest BCUT2D eigenvalue weighted by Crippen LogP contribution is 2.29. The van der Waals surface area contributed by atoms with E-state index in [2.05, 4.69) is 0 Å². The molecular formula is C8H17NO3S. The van der Waals surface area contributed by atoms with E-state index in [4.69, 9.17) is 4.74 Å². The smallest absolute Gasteiger partial charge is 0.216 e. The standard InChI is InChI=1S/C8H17NO3S/c1-5-13(10,11)9-7(2)12-6-8(9,3)4/h7H,5-6H2,1-4H3. The van der Waals surface area contributed by atoms with E-state index >= 15 is 0 Å². The van der Waals surface area contributed by atoms with Gasteiger partial charge in [-0.1, -0.05) is 0 Å². The van der Waals surface area contributed by atoms with E-state index in [0.29, 0.717) is 6.61 Å². The first-order valence-corrected chi connectivity index (χ1v) is 6.06. The van der Waals surface area contributed by atoms with E-state index in [1.165, 1.54) is 4.31 Å². The average Bonchev–Trinajstić information content (AvgIpc) is 2.26. The third-order valence-electron chi connectivity index (χ3n) is 2.27. The van der Waals surface area contributed by atoms with Gasteiger partial charge >= 0.3 is 0 Å². The van der Waals surface area contributed by atoms with Crippen LogP contribution in [0, 0.1) is 0 Å². The zero-order chi connectivity index (χ0) is 10.3. The fourth-order valence-corrected chi connectivity index (χ4v) is 3.29. The van der Waals surface area contributed by atoms with Crippen LogP contribution in [0.15, 0.2) is 0 Å². The van der Waals surface area contributed by atoms with Gasteiger partial charge < -0.3 is 4.74 Å². The lowest BCUT2D eigenvalue weighted by Gasteiger charge is -2.30. The van der Waals surface area contributed by atoms with Crippen molar-refractivity contribution in [3.63, 3.8) is 0 Å². The molecule has 0 aliphatic carbocycles. The summed E-state index contributed by atoms with van der Waals surface area (Å²) in [7, 11) is -3.15. The first-order valence-electron chi connectivity index (χ1n) is 4.45. The van der Waals surface area contributed by atoms with Gasteiger partial charge in [0.1, 0.15) is 6.23 Å². The molecule has 0 aromatic rings. The normalized spacial score (nSPS) is 29.4. The van der Waals surface area contributed by atoms with Crippen LogP contribution in [0.3, 0.4) is 0 Å². The first kappa shape index (κ1) is 10.9. The van der Waals surface area contributed by atoms with Crippen LogP contribution in [0.5, 0.6) is 0 Å². The van der Waals surface area contributed by atoms with Crippen molar-refractivity contribution in [2.45, 2.75) is 39.5 Å². The van der Waals surface area contributed by atoms with Gasteiger partial charge in [-0.2, -0.15) is 4.31 Å². The Morgan fingerprint density at radius 3 is 2.38 bits per heavy atom. The molecule has 0 radical (unpaired) electrons. The van der Waals surface area contributed by atoms with Gasteiger partial charge in [0.2, 0.25) is 10.0 Å². The summed E-state index contributed by atoms with van der Waals surface area (Å²) in [5.74, 6) is 0.129. The molecule has 1 atom stereocenters. The molecule has 0 saturated carbocycles. The maximum Gasteiger partial charge on any atom is 0.216 e. The molecule has 1 unspecified atom stereocenters. The Balaban J connectivity index is 3.02. The molecule has 4 nitrogen and oxygen atoms in total. The highest BCUT2D eigenvalue weighted by Gasteiger charge is 2.44. The molecule has 0 spiro atoms. The quantitative estimate of drug-likeness (QED) is 0.672. The maximum absolute atomic E-state index is 11.7. The number of rotatable bonds is 2. The molecule has 1 saturated heterocycles. The largest absolute Gasteiger partial charge is 0.360 e. The molecule has 1 fully saturated rings. The van der Waals surface area contributed by atoms with E-state index in [9.17, 15) is 8.42 Å². The Bertz CT molecular complexity index is 284. The number of ether oxygens (including phenoxy) is 1. The summed E-state index contributed by atoms with van der Waals surface area (Å²) < 4.78 is 30.1. The van der Waals surface area contributed by atoms with Crippen molar-refractivity contribution in [3.05, 3.63) is 0 Å². The fourth-order valence-electron chi connectivity index (χ4n) is 1.69. The van der Waals surface area contributed by atoms with Gasteiger partial charge in [-0.05, 0) is 27.7 Å². The van der Waals surface area contributed by atoms with Gasteiger partial charge in [-0.15, -0.1) is 0 Å². The number of hydrogen-bond acceptors (Lipinski definition) is 3. The highest BCUT2D eigenvalue weighted by atomic mass is 32.2. The third-order valence-corrected chi connectivity index (χ3v) is 4.39. The fraction of sp³-hybridized carbons (Fsp3) is 1.00. The summed E-state index contributed by atoms with van der Waals surface area (Å²) in [5, 5.41) is 0. The van der Waals surface area contributed by atoms with E-state index in [-0.39, 0.29) is 12.0 Å². The molecule has 13 heavy (non-hydrogen) atoms. The predicted molar refractivity (Wildman–Crippen MR) is 50.8 cm³/mol. The van der Waals surface area contributed by atoms with Crippen molar-refractivity contribution in [3.8, 4) is 0 Å². The molecule has 0 N–H and O–H groups in total. The molecular weight excluding hydrogens is 190 g/mol. The second-order valence-electron chi connectivity index (χ2n) is 3.92. The molecule has 5 heteroatoms. The van der Waals surface area contributed by atoms with Crippen LogP contribution >= 0.6 is 0 Å². The number of sulfonamides is 1. The summed E-state index contributed by atoms with van der Waals surface area (Å²) in [5.41, 5.74) is -0.408. The van der Waals surface area contributed by atoms with E-state index in [0.717, 1.165) is 0 Å². The number of hydrogen-bond donors (Lipinski definition) is 0. The number of nitrogens with zero attached hydrogens (tertiary/aromatic N) is 1. The maximum atomic E-state index is 11.7. The van der Waals surface area contributed by atoms with Crippen molar-refractivity contribution < 1.29 is 13.2 Å². The van der Waals surface area contributed by atoms with Gasteiger partial charge in [0.15, 0.2) is 0 Å². The van der Waals surface area contributed by atoms with Crippen LogP contribution in [0.1, 0.15) is 27.7 Å². The molecule has 0 aromatic heterocycles. The lowest BCUT2D eigenvalue weighted by Crippen LogP contribution is -2.47. The Morgan fingerprint density at radius 2 is 2.08 bits per heavy atom. The molecule has 1 rings (SSSR count). The Kier molecular flexibility index (Phi) is 2.71. The van der Waals surface area contributed by atoms with Crippen LogP contribution in [0.25, 0.3) is 0 Å². The molecule has 1 aliphatic heterocycles. The molecule has 78 valence electrons. The SMILES string of the molecule is CCS(=O)(=O)N1C(C)OCC1(C)C. The van der Waals surface area contributed by atoms with Gasteiger partial charge in [-0.25, -0.2) is 8.42 Å². The molecule has 0 bridgehead atoms. The van der Waals surface area contributed by atoms with Crippen LogP contribution in [-0.4, -0.2) is 36.8 Å². The predicted octanol–water partition coefficient (Wildman–Crippen LogP) is 0.793. The monoisotopic (exact) mass is 207 g/mol. The second kappa shape index (κ2) is 3.22. The summed E-state index contributed by atoms with van der Waals surface area (Å²) >= 11 is 0. The van der Waals surface area contributed by atoms with Crippen LogP contribution in [0.2, 0.25) is 0 Å². The Hall–Kier alpha value is -0.130. The van der Waals surface area contributed by atoms with Crippen LogP contribution in [-0.2, 0) is 14.8 Å². The molecule has 0 aromatic carbocycles. The van der Waals surface area contributed by atoms with Gasteiger partial charge in [0.25, 0.3) is 0 Å². The molecule has 0 amide bonds. The van der Waals surface area contributed by atoms with Crippen molar-refractivity contribution in [2.24, 2.45) is 0 Å². The minimum Gasteiger partial charge on any atom is -0.360 e. The lowest BCUT2D eigenvalue weighted by atomic mass is 10.1. The summed E-state index contributed by atoms with van der Waals surface area (Å²) in [6.07, 6.45) is -0.333.